The summed E-state index contributed by atoms with van der Waals surface area (Å²) in [5.74, 6) is 3.69. The number of rotatable bonds is 4. The molecule has 0 nitrogen and oxygen atoms in total. The molecule has 0 spiro atoms. The summed E-state index contributed by atoms with van der Waals surface area (Å²) >= 11 is 0. The molecule has 4 rings (SSSR count). The highest BCUT2D eigenvalue weighted by Crippen LogP contribution is 2.51. The average Bonchev–Trinajstić information content (AvgIpc) is 2.70. The zero-order chi connectivity index (χ0) is 18.8. The standard InChI is InChI=1S/C25H36F2.H2/c1-2-3-17-4-6-18(7-5-17)19-8-9-21-15-22(11-10-20(21)14-19)23-12-13-24(26)25(27)16-23;/h12-13,16-22H,2-11,14-15H2,1H3;1H. The van der Waals surface area contributed by atoms with Crippen molar-refractivity contribution in [1.82, 2.24) is 0 Å². The Bertz CT molecular complexity index is 623. The summed E-state index contributed by atoms with van der Waals surface area (Å²) in [6.07, 6.45) is 16.5. The molecule has 0 amide bonds. The number of halogens is 2. The van der Waals surface area contributed by atoms with Gasteiger partial charge in [0.05, 0.1) is 0 Å². The summed E-state index contributed by atoms with van der Waals surface area (Å²) in [5.41, 5.74) is 1.02. The van der Waals surface area contributed by atoms with Gasteiger partial charge >= 0.3 is 0 Å². The van der Waals surface area contributed by atoms with Crippen LogP contribution in [0.3, 0.4) is 0 Å². The Hall–Kier alpha value is -0.920. The molecule has 0 aromatic heterocycles. The van der Waals surface area contributed by atoms with Gasteiger partial charge in [-0.3, -0.25) is 0 Å². The van der Waals surface area contributed by atoms with Gasteiger partial charge in [0.1, 0.15) is 0 Å². The first-order valence-electron chi connectivity index (χ1n) is 11.6. The van der Waals surface area contributed by atoms with Gasteiger partial charge in [0, 0.05) is 1.43 Å². The summed E-state index contributed by atoms with van der Waals surface area (Å²) in [6, 6.07) is 4.56. The lowest BCUT2D eigenvalue weighted by Crippen LogP contribution is -2.34. The molecule has 0 aliphatic heterocycles. The van der Waals surface area contributed by atoms with E-state index >= 15 is 0 Å². The Kier molecular flexibility index (Phi) is 6.19. The van der Waals surface area contributed by atoms with E-state index in [4.69, 9.17) is 0 Å². The average molecular weight is 377 g/mol. The molecular formula is C25H38F2. The predicted octanol–water partition coefficient (Wildman–Crippen LogP) is 8.12. The van der Waals surface area contributed by atoms with E-state index in [1.165, 1.54) is 82.8 Å². The van der Waals surface area contributed by atoms with Crippen LogP contribution in [0.2, 0.25) is 0 Å². The lowest BCUT2D eigenvalue weighted by Gasteiger charge is -2.45. The van der Waals surface area contributed by atoms with Gasteiger partial charge in [0.15, 0.2) is 11.6 Å². The van der Waals surface area contributed by atoms with E-state index < -0.39 is 11.6 Å². The lowest BCUT2D eigenvalue weighted by atomic mass is 9.60. The molecule has 2 heteroatoms. The molecule has 3 aliphatic carbocycles. The molecule has 0 radical (unpaired) electrons. The molecule has 0 N–H and O–H groups in total. The van der Waals surface area contributed by atoms with Crippen molar-refractivity contribution < 1.29 is 10.2 Å². The minimum Gasteiger partial charge on any atom is -0.204 e. The SMILES string of the molecule is CCCC1CCC(C2CCC3CC(c4ccc(F)c(F)c4)CCC3C2)CC1.[HH]. The van der Waals surface area contributed by atoms with E-state index in [0.717, 1.165) is 41.6 Å². The van der Waals surface area contributed by atoms with Crippen LogP contribution >= 0.6 is 0 Å². The second kappa shape index (κ2) is 8.62. The first-order chi connectivity index (χ1) is 13.1. The zero-order valence-electron chi connectivity index (χ0n) is 16.9. The van der Waals surface area contributed by atoms with Crippen molar-refractivity contribution in [3.05, 3.63) is 35.4 Å². The van der Waals surface area contributed by atoms with Crippen LogP contribution in [0.15, 0.2) is 18.2 Å². The van der Waals surface area contributed by atoms with Crippen molar-refractivity contribution >= 4 is 0 Å². The third kappa shape index (κ3) is 4.40. The molecule has 3 aliphatic rings. The van der Waals surface area contributed by atoms with E-state index in [-0.39, 0.29) is 1.43 Å². The summed E-state index contributed by atoms with van der Waals surface area (Å²) < 4.78 is 26.9. The van der Waals surface area contributed by atoms with Crippen LogP contribution < -0.4 is 0 Å². The molecule has 4 unspecified atom stereocenters. The number of hydrogen-bond acceptors (Lipinski definition) is 0. The number of benzene rings is 1. The molecule has 1 aromatic carbocycles. The Morgan fingerprint density at radius 3 is 2.11 bits per heavy atom. The van der Waals surface area contributed by atoms with Crippen molar-refractivity contribution in [2.75, 3.05) is 0 Å². The maximum atomic E-state index is 13.6. The fourth-order valence-electron chi connectivity index (χ4n) is 6.78. The van der Waals surface area contributed by atoms with Crippen LogP contribution in [-0.4, -0.2) is 0 Å². The van der Waals surface area contributed by atoms with Gasteiger partial charge in [-0.2, -0.15) is 0 Å². The third-order valence-electron chi connectivity index (χ3n) is 8.32. The number of hydrogen-bond donors (Lipinski definition) is 0. The van der Waals surface area contributed by atoms with E-state index in [9.17, 15) is 8.78 Å². The van der Waals surface area contributed by atoms with Gasteiger partial charge in [-0.15, -0.1) is 0 Å². The molecule has 4 atom stereocenters. The maximum absolute atomic E-state index is 13.6. The van der Waals surface area contributed by atoms with Crippen molar-refractivity contribution in [2.24, 2.45) is 29.6 Å². The smallest absolute Gasteiger partial charge is 0.159 e. The fourth-order valence-corrected chi connectivity index (χ4v) is 6.78. The first kappa shape index (κ1) is 19.4. The second-order valence-corrected chi connectivity index (χ2v) is 9.85. The van der Waals surface area contributed by atoms with Gasteiger partial charge in [0.2, 0.25) is 0 Å². The van der Waals surface area contributed by atoms with Gasteiger partial charge in [0.25, 0.3) is 0 Å². The van der Waals surface area contributed by atoms with Crippen molar-refractivity contribution in [2.45, 2.75) is 89.9 Å². The van der Waals surface area contributed by atoms with Crippen LogP contribution in [0.1, 0.15) is 96.9 Å². The minimum atomic E-state index is -0.721. The van der Waals surface area contributed by atoms with Gasteiger partial charge in [-0.25, -0.2) is 8.78 Å². The summed E-state index contributed by atoms with van der Waals surface area (Å²) in [7, 11) is 0. The molecular weight excluding hydrogens is 338 g/mol. The number of fused-ring (bicyclic) bond motifs is 1. The molecule has 3 saturated carbocycles. The van der Waals surface area contributed by atoms with E-state index in [2.05, 4.69) is 6.92 Å². The highest BCUT2D eigenvalue weighted by atomic mass is 19.2. The molecule has 0 bridgehead atoms. The van der Waals surface area contributed by atoms with Crippen molar-refractivity contribution in [3.8, 4) is 0 Å². The van der Waals surface area contributed by atoms with E-state index in [1.807, 2.05) is 6.07 Å². The first-order valence-corrected chi connectivity index (χ1v) is 11.6. The quantitative estimate of drug-likeness (QED) is 0.498. The molecule has 3 fully saturated rings. The molecule has 0 heterocycles. The van der Waals surface area contributed by atoms with Gasteiger partial charge in [-0.1, -0.05) is 38.7 Å². The van der Waals surface area contributed by atoms with Crippen LogP contribution in [0.25, 0.3) is 0 Å². The summed E-state index contributed by atoms with van der Waals surface area (Å²) in [4.78, 5) is 0. The minimum absolute atomic E-state index is 0. The Balaban J connectivity index is 0.00000225. The van der Waals surface area contributed by atoms with Crippen LogP contribution in [0.4, 0.5) is 8.78 Å². The molecule has 1 aromatic rings. The van der Waals surface area contributed by atoms with Crippen LogP contribution in [-0.2, 0) is 0 Å². The monoisotopic (exact) mass is 376 g/mol. The lowest BCUT2D eigenvalue weighted by molar-refractivity contribution is 0.0711. The van der Waals surface area contributed by atoms with Crippen LogP contribution in [0.5, 0.6) is 0 Å². The Morgan fingerprint density at radius 1 is 0.778 bits per heavy atom. The zero-order valence-corrected chi connectivity index (χ0v) is 16.9. The van der Waals surface area contributed by atoms with Gasteiger partial charge in [-0.05, 0) is 105 Å². The molecule has 0 saturated heterocycles. The maximum Gasteiger partial charge on any atom is 0.159 e. The molecule has 152 valence electrons. The van der Waals surface area contributed by atoms with Gasteiger partial charge < -0.3 is 0 Å². The predicted molar refractivity (Wildman–Crippen MR) is 110 cm³/mol. The van der Waals surface area contributed by atoms with E-state index in [1.54, 1.807) is 0 Å². The van der Waals surface area contributed by atoms with Crippen molar-refractivity contribution in [3.63, 3.8) is 0 Å². The summed E-state index contributed by atoms with van der Waals surface area (Å²) in [6.45, 7) is 2.32. The normalized spacial score (nSPS) is 37.0. The summed E-state index contributed by atoms with van der Waals surface area (Å²) in [5, 5.41) is 0. The van der Waals surface area contributed by atoms with E-state index in [0.29, 0.717) is 5.92 Å². The third-order valence-corrected chi connectivity index (χ3v) is 8.32. The second-order valence-electron chi connectivity index (χ2n) is 9.85. The van der Waals surface area contributed by atoms with Crippen molar-refractivity contribution in [1.29, 1.82) is 0 Å². The highest BCUT2D eigenvalue weighted by Gasteiger charge is 2.39. The fraction of sp³-hybridized carbons (Fsp3) is 0.760. The highest BCUT2D eigenvalue weighted by molar-refractivity contribution is 5.22. The Morgan fingerprint density at radius 2 is 1.41 bits per heavy atom. The topological polar surface area (TPSA) is 0 Å². The largest absolute Gasteiger partial charge is 0.204 e. The molecule has 27 heavy (non-hydrogen) atoms. The van der Waals surface area contributed by atoms with Crippen LogP contribution in [0, 0.1) is 41.2 Å². The Labute approximate surface area is 165 Å².